The van der Waals surface area contributed by atoms with Gasteiger partial charge < -0.3 is 28.6 Å². The van der Waals surface area contributed by atoms with Crippen LogP contribution in [-0.4, -0.2) is 86.3 Å². The summed E-state index contributed by atoms with van der Waals surface area (Å²) in [6.45, 7) is 1.78. The minimum absolute atomic E-state index is 0.00351. The first kappa shape index (κ1) is 29.5. The number of hydrogen-bond donors (Lipinski definition) is 1. The molecule has 0 spiro atoms. The molecule has 15 heteroatoms. The third-order valence-corrected chi connectivity index (χ3v) is 7.52. The number of aromatic nitrogens is 4. The van der Waals surface area contributed by atoms with E-state index in [4.69, 9.17) is 23.7 Å². The highest BCUT2D eigenvalue weighted by atomic mass is 32.2. The highest BCUT2D eigenvalue weighted by Gasteiger charge is 2.26. The van der Waals surface area contributed by atoms with Crippen LogP contribution in [0.4, 0.5) is 5.82 Å². The van der Waals surface area contributed by atoms with E-state index in [1.165, 1.54) is 50.9 Å². The van der Waals surface area contributed by atoms with Crippen LogP contribution in [0.25, 0.3) is 11.6 Å². The molecule has 1 fully saturated rings. The van der Waals surface area contributed by atoms with Crippen LogP contribution in [0.3, 0.4) is 0 Å². The van der Waals surface area contributed by atoms with Crippen LogP contribution >= 0.6 is 0 Å². The minimum atomic E-state index is -4.23. The molecule has 1 N–H and O–H groups in total. The number of ether oxygens (including phenoxy) is 5. The number of nitrogens with one attached hydrogen (secondary N) is 1. The molecule has 0 aliphatic carbocycles. The molecular weight excluding hydrogens is 580 g/mol. The maximum absolute atomic E-state index is 13.5. The van der Waals surface area contributed by atoms with Crippen LogP contribution in [0, 0.1) is 0 Å². The van der Waals surface area contributed by atoms with E-state index in [2.05, 4.69) is 24.7 Å². The van der Waals surface area contributed by atoms with Gasteiger partial charge in [0.15, 0.2) is 29.7 Å². The Balaban J connectivity index is 1.42. The molecule has 5 rings (SSSR count). The summed E-state index contributed by atoms with van der Waals surface area (Å²) in [6, 6.07) is 14.0. The lowest BCUT2D eigenvalue weighted by atomic mass is 10.3. The number of carbonyl (C=O) groups is 1. The molecular formula is C28H28N6O8S. The second-order valence-electron chi connectivity index (χ2n) is 8.92. The monoisotopic (exact) mass is 608 g/mol. The summed E-state index contributed by atoms with van der Waals surface area (Å²) in [5, 5.41) is 0. The van der Waals surface area contributed by atoms with Gasteiger partial charge in [-0.2, -0.15) is 4.98 Å². The van der Waals surface area contributed by atoms with Gasteiger partial charge in [0.2, 0.25) is 11.6 Å². The van der Waals surface area contributed by atoms with Gasteiger partial charge in [-0.25, -0.2) is 23.4 Å². The maximum atomic E-state index is 13.5. The van der Waals surface area contributed by atoms with E-state index >= 15 is 0 Å². The Morgan fingerprint density at radius 1 is 0.907 bits per heavy atom. The Morgan fingerprint density at radius 3 is 2.28 bits per heavy atom. The highest BCUT2D eigenvalue weighted by molar-refractivity contribution is 7.92. The number of benzene rings is 2. The largest absolute Gasteiger partial charge is 0.493 e. The molecule has 1 saturated heterocycles. The Bertz CT molecular complexity index is 1670. The van der Waals surface area contributed by atoms with Crippen molar-refractivity contribution in [2.45, 2.75) is 4.90 Å². The van der Waals surface area contributed by atoms with Gasteiger partial charge in [0, 0.05) is 25.5 Å². The molecule has 224 valence electrons. The lowest BCUT2D eigenvalue weighted by Crippen LogP contribution is -2.42. The van der Waals surface area contributed by atoms with Crippen molar-refractivity contribution in [2.75, 3.05) is 51.9 Å². The Kier molecular flexibility index (Phi) is 9.12. The molecule has 0 bridgehead atoms. The van der Waals surface area contributed by atoms with E-state index in [-0.39, 0.29) is 52.3 Å². The number of sulfonamides is 1. The van der Waals surface area contributed by atoms with Crippen molar-refractivity contribution in [3.05, 3.63) is 67.0 Å². The van der Waals surface area contributed by atoms with Gasteiger partial charge in [-0.3, -0.25) is 9.52 Å². The first-order valence-corrected chi connectivity index (χ1v) is 14.5. The Labute approximate surface area is 247 Å². The van der Waals surface area contributed by atoms with Gasteiger partial charge >= 0.3 is 0 Å². The quantitative estimate of drug-likeness (QED) is 0.265. The Morgan fingerprint density at radius 2 is 1.60 bits per heavy atom. The molecule has 0 radical (unpaired) electrons. The minimum Gasteiger partial charge on any atom is -0.493 e. The summed E-state index contributed by atoms with van der Waals surface area (Å²) in [5.41, 5.74) is 0. The van der Waals surface area contributed by atoms with E-state index in [0.717, 1.165) is 0 Å². The van der Waals surface area contributed by atoms with Crippen molar-refractivity contribution < 1.29 is 36.9 Å². The summed E-state index contributed by atoms with van der Waals surface area (Å²) in [7, 11) is -1.40. The average Bonchev–Trinajstić information content (AvgIpc) is 3.05. The molecule has 1 aliphatic heterocycles. The number of hydrogen-bond acceptors (Lipinski definition) is 12. The molecule has 2 aromatic heterocycles. The highest BCUT2D eigenvalue weighted by Crippen LogP contribution is 2.41. The lowest BCUT2D eigenvalue weighted by molar-refractivity contribution is -0.137. The molecule has 1 aliphatic rings. The van der Waals surface area contributed by atoms with Crippen molar-refractivity contribution in [3.63, 3.8) is 0 Å². The third kappa shape index (κ3) is 7.07. The lowest BCUT2D eigenvalue weighted by Gasteiger charge is -2.26. The smallest absolute Gasteiger partial charge is 0.263 e. The van der Waals surface area contributed by atoms with Crippen molar-refractivity contribution >= 4 is 21.7 Å². The van der Waals surface area contributed by atoms with Crippen LogP contribution in [-0.2, 0) is 19.6 Å². The van der Waals surface area contributed by atoms with E-state index < -0.39 is 10.0 Å². The zero-order chi connectivity index (χ0) is 30.2. The number of nitrogens with zero attached hydrogens (tertiary/aromatic N) is 5. The second kappa shape index (κ2) is 13.3. The van der Waals surface area contributed by atoms with Crippen molar-refractivity contribution in [2.24, 2.45) is 0 Å². The predicted octanol–water partition coefficient (Wildman–Crippen LogP) is 2.78. The average molecular weight is 609 g/mol. The predicted molar refractivity (Wildman–Crippen MR) is 153 cm³/mol. The number of anilines is 1. The van der Waals surface area contributed by atoms with E-state index in [9.17, 15) is 13.2 Å². The molecule has 14 nitrogen and oxygen atoms in total. The van der Waals surface area contributed by atoms with Gasteiger partial charge in [0.05, 0.1) is 32.3 Å². The standard InChI is InChI=1S/C28H28N6O8S/c1-38-21-6-3-4-7-22(21)42-24-25(31-27(32-28(24)39-2)26-29-12-5-13-30-26)33-43(36,37)20-10-8-19(9-11-20)41-18-23(35)34-14-16-40-17-15-34/h3-13H,14-18H2,1-2H3,(H,31,32,33). The first-order chi connectivity index (χ1) is 20.9. The van der Waals surface area contributed by atoms with Gasteiger partial charge in [0.25, 0.3) is 21.8 Å². The second-order valence-corrected chi connectivity index (χ2v) is 10.6. The number of rotatable bonds is 11. The van der Waals surface area contributed by atoms with Crippen molar-refractivity contribution in [1.82, 2.24) is 24.8 Å². The maximum Gasteiger partial charge on any atom is 0.263 e. The summed E-state index contributed by atoms with van der Waals surface area (Å²) < 4.78 is 57.2. The van der Waals surface area contributed by atoms with Crippen LogP contribution in [0.2, 0.25) is 0 Å². The number of carbonyl (C=O) groups excluding carboxylic acids is 1. The van der Waals surface area contributed by atoms with E-state index in [1.807, 2.05) is 0 Å². The normalized spacial score (nSPS) is 13.2. The van der Waals surface area contributed by atoms with Gasteiger partial charge in [-0.05, 0) is 42.5 Å². The molecule has 4 aromatic rings. The fraction of sp³-hybridized carbons (Fsp3) is 0.250. The van der Waals surface area contributed by atoms with Crippen LogP contribution in [0.5, 0.6) is 28.9 Å². The molecule has 3 heterocycles. The van der Waals surface area contributed by atoms with E-state index in [0.29, 0.717) is 37.8 Å². The third-order valence-electron chi connectivity index (χ3n) is 6.17. The summed E-state index contributed by atoms with van der Waals surface area (Å²) in [6.07, 6.45) is 3.00. The summed E-state index contributed by atoms with van der Waals surface area (Å²) in [4.78, 5) is 31.0. The van der Waals surface area contributed by atoms with Crippen LogP contribution in [0.1, 0.15) is 0 Å². The number of amides is 1. The molecule has 0 unspecified atom stereocenters. The molecule has 0 atom stereocenters. The SMILES string of the molecule is COc1ccccc1Oc1c(NS(=O)(=O)c2ccc(OCC(=O)N3CCOCC3)cc2)nc(-c2ncccn2)nc1OC. The topological polar surface area (TPSA) is 164 Å². The van der Waals surface area contributed by atoms with Crippen molar-refractivity contribution in [3.8, 4) is 40.5 Å². The number of para-hydroxylation sites is 2. The van der Waals surface area contributed by atoms with E-state index in [1.54, 1.807) is 35.2 Å². The van der Waals surface area contributed by atoms with Crippen LogP contribution in [0.15, 0.2) is 71.9 Å². The van der Waals surface area contributed by atoms with Crippen molar-refractivity contribution in [1.29, 1.82) is 0 Å². The van der Waals surface area contributed by atoms with Gasteiger partial charge in [-0.1, -0.05) is 12.1 Å². The zero-order valence-electron chi connectivity index (χ0n) is 23.3. The fourth-order valence-electron chi connectivity index (χ4n) is 4.01. The van der Waals surface area contributed by atoms with Gasteiger partial charge in [0.1, 0.15) is 5.75 Å². The molecule has 1 amide bonds. The molecule has 2 aromatic carbocycles. The van der Waals surface area contributed by atoms with Crippen LogP contribution < -0.4 is 23.7 Å². The fourth-order valence-corrected chi connectivity index (χ4v) is 5.01. The summed E-state index contributed by atoms with van der Waals surface area (Å²) in [5.74, 6) is 0.520. The first-order valence-electron chi connectivity index (χ1n) is 13.0. The molecule has 0 saturated carbocycles. The van der Waals surface area contributed by atoms with Gasteiger partial charge in [-0.15, -0.1) is 0 Å². The Hall–Kier alpha value is -5.02. The zero-order valence-corrected chi connectivity index (χ0v) is 24.1. The molecule has 43 heavy (non-hydrogen) atoms. The number of morpholine rings is 1. The number of methoxy groups -OCH3 is 2. The summed E-state index contributed by atoms with van der Waals surface area (Å²) >= 11 is 0.